The summed E-state index contributed by atoms with van der Waals surface area (Å²) in [5.74, 6) is 0. The summed E-state index contributed by atoms with van der Waals surface area (Å²) in [6.45, 7) is 2.16. The number of benzene rings is 1. The van der Waals surface area contributed by atoms with Crippen LogP contribution in [0.15, 0.2) is 30.3 Å². The molecule has 0 aliphatic carbocycles. The molecule has 1 N–H and O–H groups in total. The minimum atomic E-state index is -1.17. The zero-order valence-electron chi connectivity index (χ0n) is 6.45. The van der Waals surface area contributed by atoms with Gasteiger partial charge in [0.25, 0.3) is 0 Å². The summed E-state index contributed by atoms with van der Waals surface area (Å²) in [6, 6.07) is 10.5. The van der Waals surface area contributed by atoms with Gasteiger partial charge < -0.3 is 0 Å². The van der Waals surface area contributed by atoms with Crippen LogP contribution in [0.25, 0.3) is 0 Å². The highest BCUT2D eigenvalue weighted by atomic mass is 31.1. The van der Waals surface area contributed by atoms with E-state index in [9.17, 15) is 0 Å². The van der Waals surface area contributed by atoms with E-state index in [1.165, 1.54) is 5.56 Å². The van der Waals surface area contributed by atoms with Crippen LogP contribution < -0.4 is 0 Å². The lowest BCUT2D eigenvalue weighted by Gasteiger charge is -1.89. The van der Waals surface area contributed by atoms with Crippen molar-refractivity contribution in [3.63, 3.8) is 0 Å². The molecule has 0 amide bonds. The van der Waals surface area contributed by atoms with Crippen molar-refractivity contribution in [1.29, 1.82) is 0 Å². The predicted molar refractivity (Wildman–Crippen MR) is 47.0 cm³/mol. The second-order valence-electron chi connectivity index (χ2n) is 1.93. The van der Waals surface area contributed by atoms with Crippen LogP contribution in [0.2, 0.25) is 0 Å². The minimum Gasteiger partial charge on any atom is -0.162 e. The van der Waals surface area contributed by atoms with Crippen LogP contribution in [0, 0.1) is 0 Å². The van der Waals surface area contributed by atoms with E-state index in [1.54, 1.807) is 0 Å². The van der Waals surface area contributed by atoms with Crippen LogP contribution in [0.5, 0.6) is 0 Å². The van der Waals surface area contributed by atoms with Crippen molar-refractivity contribution in [1.82, 2.24) is 0 Å². The first-order chi connectivity index (χ1) is 5.35. The molecule has 0 aliphatic rings. The molecule has 11 heavy (non-hydrogen) atoms. The van der Waals surface area contributed by atoms with E-state index in [4.69, 9.17) is 9.46 Å². The standard InChI is InChI=1S/C8H10.HO2P/c1-2-8-6-4-3-5-7-8;1-3-2/h3-7H,2H2,1H3;3H/p+1. The van der Waals surface area contributed by atoms with Gasteiger partial charge >= 0.3 is 8.69 Å². The maximum absolute atomic E-state index is 8.51. The Kier molecular flexibility index (Phi) is 6.90. The van der Waals surface area contributed by atoms with Gasteiger partial charge in [0.15, 0.2) is 0 Å². The molecule has 1 aromatic rings. The van der Waals surface area contributed by atoms with E-state index in [-0.39, 0.29) is 0 Å². The maximum Gasteiger partial charge on any atom is 0.491 e. The highest BCUT2D eigenvalue weighted by molar-refractivity contribution is 7.16. The monoisotopic (exact) mass is 171 g/mol. The predicted octanol–water partition coefficient (Wildman–Crippen LogP) is 2.17. The fraction of sp³-hybridized carbons (Fsp3) is 0.250. The van der Waals surface area contributed by atoms with Gasteiger partial charge in [-0.05, 0) is 16.5 Å². The Hall–Kier alpha value is -0.720. The highest BCUT2D eigenvalue weighted by Gasteiger charge is 1.79. The van der Waals surface area contributed by atoms with E-state index in [0.717, 1.165) is 6.42 Å². The van der Waals surface area contributed by atoms with Crippen LogP contribution in [0.4, 0.5) is 0 Å². The lowest BCUT2D eigenvalue weighted by Crippen LogP contribution is -1.73. The molecule has 1 atom stereocenters. The van der Waals surface area contributed by atoms with Crippen molar-refractivity contribution >= 4 is 8.69 Å². The average molecular weight is 171 g/mol. The molecule has 1 unspecified atom stereocenters. The molecule has 0 bridgehead atoms. The largest absolute Gasteiger partial charge is 0.491 e. The summed E-state index contributed by atoms with van der Waals surface area (Å²) in [7, 11) is -1.17. The van der Waals surface area contributed by atoms with Gasteiger partial charge in [0.1, 0.15) is 0 Å². The third-order valence-electron chi connectivity index (χ3n) is 1.25. The van der Waals surface area contributed by atoms with E-state index in [1.807, 2.05) is 6.07 Å². The summed E-state index contributed by atoms with van der Waals surface area (Å²) >= 11 is 0. The number of hydrogen-bond donors (Lipinski definition) is 1. The normalized spacial score (nSPS) is 8.55. The van der Waals surface area contributed by atoms with E-state index < -0.39 is 8.69 Å². The SMILES string of the molecule is CCc1ccccc1.O=[PH+]O. The van der Waals surface area contributed by atoms with Gasteiger partial charge in [-0.15, -0.1) is 0 Å². The summed E-state index contributed by atoms with van der Waals surface area (Å²) in [5, 5.41) is 0. The first kappa shape index (κ1) is 10.3. The molecule has 0 heterocycles. The molecule has 2 nitrogen and oxygen atoms in total. The van der Waals surface area contributed by atoms with Crippen molar-refractivity contribution < 1.29 is 9.46 Å². The van der Waals surface area contributed by atoms with Gasteiger partial charge in [-0.2, -0.15) is 4.89 Å². The molecule has 1 aromatic carbocycles. The minimum absolute atomic E-state index is 1.14. The van der Waals surface area contributed by atoms with Crippen LogP contribution in [0.3, 0.4) is 0 Å². The molecule has 0 radical (unpaired) electrons. The molecular weight excluding hydrogens is 159 g/mol. The van der Waals surface area contributed by atoms with Gasteiger partial charge in [-0.3, -0.25) is 0 Å². The Bertz CT molecular complexity index is 187. The lowest BCUT2D eigenvalue weighted by molar-refractivity contribution is 0.524. The Morgan fingerprint density at radius 1 is 1.36 bits per heavy atom. The van der Waals surface area contributed by atoms with Crippen LogP contribution in [-0.2, 0) is 11.0 Å². The molecule has 0 spiro atoms. The molecule has 60 valence electrons. The topological polar surface area (TPSA) is 37.3 Å². The Morgan fingerprint density at radius 3 is 2.09 bits per heavy atom. The van der Waals surface area contributed by atoms with E-state index >= 15 is 0 Å². The third kappa shape index (κ3) is 5.71. The Labute approximate surface area is 68.2 Å². The first-order valence-corrected chi connectivity index (χ1v) is 4.25. The molecule has 0 aliphatic heterocycles. The molecular formula is C8H12O2P+. The molecule has 0 fully saturated rings. The molecule has 0 aromatic heterocycles. The molecule has 3 heteroatoms. The summed E-state index contributed by atoms with van der Waals surface area (Å²) in [6.07, 6.45) is 1.14. The quantitative estimate of drug-likeness (QED) is 0.657. The lowest BCUT2D eigenvalue weighted by atomic mass is 10.2. The fourth-order valence-electron chi connectivity index (χ4n) is 0.714. The van der Waals surface area contributed by atoms with Crippen molar-refractivity contribution in [2.45, 2.75) is 13.3 Å². The third-order valence-corrected chi connectivity index (χ3v) is 1.25. The maximum atomic E-state index is 8.51. The summed E-state index contributed by atoms with van der Waals surface area (Å²) in [5.41, 5.74) is 1.41. The zero-order chi connectivity index (χ0) is 8.53. The van der Waals surface area contributed by atoms with Crippen LogP contribution >= 0.6 is 8.69 Å². The Morgan fingerprint density at radius 2 is 1.82 bits per heavy atom. The van der Waals surface area contributed by atoms with E-state index in [0.29, 0.717) is 0 Å². The first-order valence-electron chi connectivity index (χ1n) is 3.40. The second-order valence-corrected chi connectivity index (χ2v) is 2.11. The van der Waals surface area contributed by atoms with Crippen molar-refractivity contribution in [3.05, 3.63) is 35.9 Å². The molecule has 0 saturated heterocycles. The van der Waals surface area contributed by atoms with Crippen LogP contribution in [-0.4, -0.2) is 4.89 Å². The Balaban J connectivity index is 0.000000292. The highest BCUT2D eigenvalue weighted by Crippen LogP contribution is 1.96. The van der Waals surface area contributed by atoms with Gasteiger partial charge in [-0.25, -0.2) is 0 Å². The van der Waals surface area contributed by atoms with Gasteiger partial charge in [0.05, 0.1) is 0 Å². The van der Waals surface area contributed by atoms with Crippen LogP contribution in [0.1, 0.15) is 12.5 Å². The van der Waals surface area contributed by atoms with Gasteiger partial charge in [0.2, 0.25) is 0 Å². The van der Waals surface area contributed by atoms with Crippen molar-refractivity contribution in [3.8, 4) is 0 Å². The smallest absolute Gasteiger partial charge is 0.162 e. The van der Waals surface area contributed by atoms with Crippen molar-refractivity contribution in [2.24, 2.45) is 0 Å². The molecule has 0 saturated carbocycles. The average Bonchev–Trinajstić information content (AvgIpc) is 2.08. The fourth-order valence-corrected chi connectivity index (χ4v) is 0.714. The summed E-state index contributed by atoms with van der Waals surface area (Å²) < 4.78 is 8.51. The number of rotatable bonds is 1. The summed E-state index contributed by atoms with van der Waals surface area (Å²) in [4.78, 5) is 7.04. The number of aryl methyl sites for hydroxylation is 1. The van der Waals surface area contributed by atoms with E-state index in [2.05, 4.69) is 31.2 Å². The number of hydrogen-bond acceptors (Lipinski definition) is 1. The second kappa shape index (κ2) is 7.39. The zero-order valence-corrected chi connectivity index (χ0v) is 7.45. The van der Waals surface area contributed by atoms with Crippen molar-refractivity contribution in [2.75, 3.05) is 0 Å². The molecule has 1 rings (SSSR count). The van der Waals surface area contributed by atoms with Gasteiger partial charge in [-0.1, -0.05) is 37.3 Å². The van der Waals surface area contributed by atoms with Gasteiger partial charge in [0, 0.05) is 0 Å².